The number of ether oxygens (including phenoxy) is 2. The highest BCUT2D eigenvalue weighted by Gasteiger charge is 2.47. The molecule has 2 unspecified atom stereocenters. The minimum absolute atomic E-state index is 0.105. The minimum Gasteiger partial charge on any atom is -0.448 e. The number of fused-ring (bicyclic) bond motifs is 5. The Labute approximate surface area is 222 Å². The van der Waals surface area contributed by atoms with Gasteiger partial charge in [0.15, 0.2) is 5.78 Å². The molecule has 0 spiro atoms. The van der Waals surface area contributed by atoms with Crippen LogP contribution in [-0.4, -0.2) is 48.7 Å². The summed E-state index contributed by atoms with van der Waals surface area (Å²) in [7, 11) is 0. The number of amides is 1. The predicted molar refractivity (Wildman–Crippen MR) is 134 cm³/mol. The lowest BCUT2D eigenvalue weighted by molar-refractivity contribution is -0.140. The fraction of sp³-hybridized carbons (Fsp3) is 0.333. The van der Waals surface area contributed by atoms with Crippen LogP contribution in [0, 0.1) is 11.7 Å². The van der Waals surface area contributed by atoms with Gasteiger partial charge in [-0.05, 0) is 41.2 Å². The lowest BCUT2D eigenvalue weighted by Gasteiger charge is -2.47. The third-order valence-electron chi connectivity index (χ3n) is 8.00. The summed E-state index contributed by atoms with van der Waals surface area (Å²) >= 11 is 0. The minimum atomic E-state index is -5.00. The number of piperidine rings is 1. The van der Waals surface area contributed by atoms with Gasteiger partial charge in [-0.1, -0.05) is 60.7 Å². The zero-order chi connectivity index (χ0) is 27.3. The number of hydrogen-bond donors (Lipinski definition) is 0. The third kappa shape index (κ3) is 4.48. The normalized spacial score (nSPS) is 22.3. The maximum absolute atomic E-state index is 14.1. The van der Waals surface area contributed by atoms with Gasteiger partial charge in [0, 0.05) is 17.4 Å². The van der Waals surface area contributed by atoms with Crippen LogP contribution in [0.15, 0.2) is 66.7 Å². The topological polar surface area (TPSA) is 55.8 Å². The summed E-state index contributed by atoms with van der Waals surface area (Å²) in [6.45, 7) is 0.407. The van der Waals surface area contributed by atoms with E-state index in [0.29, 0.717) is 6.07 Å². The fourth-order valence-corrected chi connectivity index (χ4v) is 6.33. The maximum Gasteiger partial charge on any atom is 0.419 e. The molecule has 2 fully saturated rings. The van der Waals surface area contributed by atoms with E-state index in [-0.39, 0.29) is 38.6 Å². The summed E-state index contributed by atoms with van der Waals surface area (Å²) in [4.78, 5) is 28.1. The van der Waals surface area contributed by atoms with E-state index in [2.05, 4.69) is 0 Å². The van der Waals surface area contributed by atoms with Gasteiger partial charge in [-0.15, -0.1) is 0 Å². The van der Waals surface area contributed by atoms with Gasteiger partial charge in [-0.25, -0.2) is 9.18 Å². The first-order valence-corrected chi connectivity index (χ1v) is 12.8. The highest BCUT2D eigenvalue weighted by molar-refractivity contribution is 5.99. The number of Topliss-reactive ketones (excluding diaryl/α,β-unsaturated/α-hetero) is 1. The molecule has 202 valence electrons. The lowest BCUT2D eigenvalue weighted by Crippen LogP contribution is -2.60. The van der Waals surface area contributed by atoms with E-state index >= 15 is 0 Å². The Bertz CT molecular complexity index is 1380. The number of carbonyl (C=O) groups excluding carboxylic acids is 2. The number of morpholine rings is 1. The van der Waals surface area contributed by atoms with Gasteiger partial charge in [0.2, 0.25) is 0 Å². The number of hydrogen-bond acceptors (Lipinski definition) is 4. The Morgan fingerprint density at radius 2 is 1.46 bits per heavy atom. The van der Waals surface area contributed by atoms with Crippen LogP contribution < -0.4 is 0 Å². The van der Waals surface area contributed by atoms with Gasteiger partial charge in [0.05, 0.1) is 25.3 Å². The van der Waals surface area contributed by atoms with E-state index in [0.717, 1.165) is 34.4 Å². The molecule has 1 aliphatic carbocycles. The van der Waals surface area contributed by atoms with Gasteiger partial charge in [0.25, 0.3) is 0 Å². The number of nitrogens with zero attached hydrogens (tertiary/aromatic N) is 1. The summed E-state index contributed by atoms with van der Waals surface area (Å²) in [5, 5.41) is 0. The molecule has 9 heteroatoms. The standard InChI is InChI=1S/C30H25F4NO4/c31-26-11-5-10-24(27(26)30(32,33)34)28(36)17-12-18-14-38-15-19(13-17)35(18)29(37)39-16-25-22-8-3-1-6-20(22)21-7-2-4-9-23(21)25/h1-11,17-19,25H,12-16H2. The first kappa shape index (κ1) is 25.6. The van der Waals surface area contributed by atoms with Crippen molar-refractivity contribution >= 4 is 11.9 Å². The van der Waals surface area contributed by atoms with Crippen LogP contribution in [0.2, 0.25) is 0 Å². The molecule has 2 bridgehead atoms. The number of ketones is 1. The lowest BCUT2D eigenvalue weighted by atomic mass is 9.80. The summed E-state index contributed by atoms with van der Waals surface area (Å²) in [5.41, 5.74) is 2.14. The Kier molecular flexibility index (Phi) is 6.41. The van der Waals surface area contributed by atoms with Crippen molar-refractivity contribution in [2.45, 2.75) is 37.0 Å². The van der Waals surface area contributed by atoms with Crippen LogP contribution in [0.3, 0.4) is 0 Å². The second-order valence-electron chi connectivity index (χ2n) is 10.2. The van der Waals surface area contributed by atoms with Crippen molar-refractivity contribution < 1.29 is 36.6 Å². The van der Waals surface area contributed by atoms with Crippen LogP contribution in [0.25, 0.3) is 11.1 Å². The van der Waals surface area contributed by atoms with E-state index in [1.165, 1.54) is 0 Å². The van der Waals surface area contributed by atoms with Crippen molar-refractivity contribution in [3.05, 3.63) is 94.8 Å². The fourth-order valence-electron chi connectivity index (χ4n) is 6.33. The molecular weight excluding hydrogens is 514 g/mol. The second-order valence-corrected chi connectivity index (χ2v) is 10.2. The SMILES string of the molecule is O=C(c1cccc(F)c1C(F)(F)F)C1CC2COCC(C1)N2C(=O)OCC1c2ccccc2-c2ccccc21. The van der Waals surface area contributed by atoms with Gasteiger partial charge in [-0.3, -0.25) is 9.69 Å². The summed E-state index contributed by atoms with van der Waals surface area (Å²) < 4.78 is 66.2. The molecule has 3 aromatic rings. The van der Waals surface area contributed by atoms with Gasteiger partial charge in [0.1, 0.15) is 18.0 Å². The molecule has 3 aromatic carbocycles. The molecule has 0 radical (unpaired) electrons. The van der Waals surface area contributed by atoms with E-state index in [4.69, 9.17) is 9.47 Å². The van der Waals surface area contributed by atoms with E-state index in [9.17, 15) is 27.2 Å². The first-order valence-electron chi connectivity index (χ1n) is 12.8. The molecule has 1 amide bonds. The Morgan fingerprint density at radius 1 is 0.872 bits per heavy atom. The quantitative estimate of drug-likeness (QED) is 0.282. The number of rotatable bonds is 4. The van der Waals surface area contributed by atoms with E-state index in [1.54, 1.807) is 4.90 Å². The van der Waals surface area contributed by atoms with Crippen molar-refractivity contribution in [3.63, 3.8) is 0 Å². The number of carbonyl (C=O) groups is 2. The number of halogens is 4. The third-order valence-corrected chi connectivity index (χ3v) is 8.00. The van der Waals surface area contributed by atoms with Gasteiger partial charge >= 0.3 is 12.3 Å². The second kappa shape index (κ2) is 9.79. The molecule has 3 aliphatic rings. The van der Waals surface area contributed by atoms with Crippen molar-refractivity contribution in [2.24, 2.45) is 5.92 Å². The Morgan fingerprint density at radius 3 is 2.05 bits per heavy atom. The van der Waals surface area contributed by atoms with Crippen LogP contribution >= 0.6 is 0 Å². The average Bonchev–Trinajstić information content (AvgIpc) is 3.23. The van der Waals surface area contributed by atoms with Crippen LogP contribution in [0.1, 0.15) is 45.8 Å². The zero-order valence-corrected chi connectivity index (χ0v) is 20.8. The Balaban J connectivity index is 1.18. The van der Waals surface area contributed by atoms with Gasteiger partial charge < -0.3 is 9.47 Å². The number of benzene rings is 3. The maximum atomic E-state index is 14.1. The van der Waals surface area contributed by atoms with Crippen molar-refractivity contribution in [2.75, 3.05) is 19.8 Å². The molecule has 39 heavy (non-hydrogen) atoms. The van der Waals surface area contributed by atoms with Crippen LogP contribution in [-0.2, 0) is 15.7 Å². The largest absolute Gasteiger partial charge is 0.448 e. The highest BCUT2D eigenvalue weighted by Crippen LogP contribution is 2.45. The molecule has 2 heterocycles. The molecular formula is C30H25F4NO4. The van der Waals surface area contributed by atoms with Gasteiger partial charge in [-0.2, -0.15) is 13.2 Å². The predicted octanol–water partition coefficient (Wildman–Crippen LogP) is 6.46. The van der Waals surface area contributed by atoms with Crippen LogP contribution in [0.5, 0.6) is 0 Å². The molecule has 2 aliphatic heterocycles. The highest BCUT2D eigenvalue weighted by atomic mass is 19.4. The summed E-state index contributed by atoms with van der Waals surface area (Å²) in [5.74, 6) is -3.17. The zero-order valence-electron chi connectivity index (χ0n) is 20.8. The first-order chi connectivity index (χ1) is 18.7. The Hall–Kier alpha value is -3.72. The van der Waals surface area contributed by atoms with Crippen LogP contribution in [0.4, 0.5) is 22.4 Å². The molecule has 6 rings (SSSR count). The smallest absolute Gasteiger partial charge is 0.419 e. The van der Waals surface area contributed by atoms with Crippen molar-refractivity contribution in [1.82, 2.24) is 4.90 Å². The molecule has 2 saturated heterocycles. The van der Waals surface area contributed by atoms with E-state index < -0.39 is 53.0 Å². The monoisotopic (exact) mass is 539 g/mol. The van der Waals surface area contributed by atoms with Crippen molar-refractivity contribution in [3.8, 4) is 11.1 Å². The van der Waals surface area contributed by atoms with Crippen molar-refractivity contribution in [1.29, 1.82) is 0 Å². The molecule has 0 saturated carbocycles. The number of alkyl halides is 3. The molecule has 0 N–H and O–H groups in total. The summed E-state index contributed by atoms with van der Waals surface area (Å²) in [6.07, 6.45) is -5.33. The van der Waals surface area contributed by atoms with E-state index in [1.807, 2.05) is 48.5 Å². The molecule has 0 aromatic heterocycles. The summed E-state index contributed by atoms with van der Waals surface area (Å²) in [6, 6.07) is 17.7. The average molecular weight is 540 g/mol. The molecule has 2 atom stereocenters. The molecule has 5 nitrogen and oxygen atoms in total.